The third-order valence-electron chi connectivity index (χ3n) is 0.963. The van der Waals surface area contributed by atoms with Crippen molar-refractivity contribution in [3.05, 3.63) is 30.3 Å². The summed E-state index contributed by atoms with van der Waals surface area (Å²) in [5.74, 6) is 0.436. The number of benzene rings is 1. The number of amides is 1. The van der Waals surface area contributed by atoms with Gasteiger partial charge in [0.05, 0.1) is 0 Å². The summed E-state index contributed by atoms with van der Waals surface area (Å²) in [6, 6.07) is 8.60. The van der Waals surface area contributed by atoms with Crippen molar-refractivity contribution >= 4 is 6.09 Å². The Balaban J connectivity index is 2.45. The van der Waals surface area contributed by atoms with Crippen LogP contribution in [0.25, 0.3) is 0 Å². The Morgan fingerprint density at radius 1 is 1.27 bits per heavy atom. The van der Waals surface area contributed by atoms with E-state index in [-0.39, 0.29) is 0 Å². The first-order valence-corrected chi connectivity index (χ1v) is 2.98. The van der Waals surface area contributed by atoms with Crippen LogP contribution in [-0.2, 0) is 4.89 Å². The van der Waals surface area contributed by atoms with Crippen molar-refractivity contribution in [2.45, 2.75) is 0 Å². The van der Waals surface area contributed by atoms with Crippen LogP contribution in [0.1, 0.15) is 0 Å². The van der Waals surface area contributed by atoms with Gasteiger partial charge in [-0.2, -0.15) is 0 Å². The van der Waals surface area contributed by atoms with E-state index in [1.165, 1.54) is 0 Å². The van der Waals surface area contributed by atoms with Crippen molar-refractivity contribution in [2.75, 3.05) is 0 Å². The fourth-order valence-electron chi connectivity index (χ4n) is 0.565. The topological polar surface area (TPSA) is 61.6 Å². The third-order valence-corrected chi connectivity index (χ3v) is 0.963. The molecule has 0 radical (unpaired) electrons. The van der Waals surface area contributed by atoms with Gasteiger partial charge in [0.25, 0.3) is 0 Å². The van der Waals surface area contributed by atoms with Gasteiger partial charge in [-0.05, 0) is 12.1 Å². The number of nitrogens with two attached hydrogens (primary N) is 1. The van der Waals surface area contributed by atoms with Gasteiger partial charge in [-0.3, -0.25) is 4.89 Å². The van der Waals surface area contributed by atoms with Gasteiger partial charge in [-0.25, -0.2) is 9.68 Å². The maximum Gasteiger partial charge on any atom is 0.447 e. The number of rotatable bonds is 2. The molecule has 0 bridgehead atoms. The molecule has 0 unspecified atom stereocenters. The summed E-state index contributed by atoms with van der Waals surface area (Å²) in [6.45, 7) is 0. The molecule has 4 heteroatoms. The van der Waals surface area contributed by atoms with Gasteiger partial charge in [0, 0.05) is 0 Å². The van der Waals surface area contributed by atoms with Gasteiger partial charge in [0.1, 0.15) is 0 Å². The highest BCUT2D eigenvalue weighted by Gasteiger charge is 1.95. The van der Waals surface area contributed by atoms with Crippen LogP contribution in [0.2, 0.25) is 0 Å². The molecule has 1 aromatic rings. The first-order chi connectivity index (χ1) is 5.29. The van der Waals surface area contributed by atoms with Crippen molar-refractivity contribution in [2.24, 2.45) is 5.73 Å². The van der Waals surface area contributed by atoms with Crippen LogP contribution in [0.4, 0.5) is 4.79 Å². The van der Waals surface area contributed by atoms with E-state index in [1.54, 1.807) is 24.3 Å². The number of primary amides is 1. The number of hydrogen-bond donors (Lipinski definition) is 1. The molecule has 11 heavy (non-hydrogen) atoms. The van der Waals surface area contributed by atoms with Crippen LogP contribution in [0.3, 0.4) is 0 Å². The molecule has 0 heterocycles. The molecule has 0 aliphatic rings. The van der Waals surface area contributed by atoms with Gasteiger partial charge in [0.15, 0.2) is 5.75 Å². The fraction of sp³-hybridized carbons (Fsp3) is 0. The predicted octanol–water partition coefficient (Wildman–Crippen LogP) is 1.08. The normalized spacial score (nSPS) is 8.73. The molecule has 4 nitrogen and oxygen atoms in total. The Kier molecular flexibility index (Phi) is 2.32. The lowest BCUT2D eigenvalue weighted by atomic mass is 10.3. The standard InChI is InChI=1S/C7H7NO3/c8-7(9)11-10-6-4-2-1-3-5-6/h1-5H,(H2,8,9). The molecule has 0 atom stereocenters. The van der Waals surface area contributed by atoms with E-state index in [2.05, 4.69) is 15.5 Å². The zero-order valence-electron chi connectivity index (χ0n) is 5.69. The second-order valence-corrected chi connectivity index (χ2v) is 1.80. The number of carbonyl (C=O) groups is 1. The quantitative estimate of drug-likeness (QED) is 0.510. The van der Waals surface area contributed by atoms with E-state index in [0.29, 0.717) is 5.75 Å². The van der Waals surface area contributed by atoms with E-state index < -0.39 is 6.09 Å². The maximum absolute atomic E-state index is 10.0. The van der Waals surface area contributed by atoms with Gasteiger partial charge < -0.3 is 5.73 Å². The zero-order valence-corrected chi connectivity index (χ0v) is 5.69. The van der Waals surface area contributed by atoms with E-state index >= 15 is 0 Å². The maximum atomic E-state index is 10.0. The molecular formula is C7H7NO3. The van der Waals surface area contributed by atoms with Crippen molar-refractivity contribution < 1.29 is 14.6 Å². The summed E-state index contributed by atoms with van der Waals surface area (Å²) < 4.78 is 0. The van der Waals surface area contributed by atoms with Crippen LogP contribution < -0.4 is 10.6 Å². The molecular weight excluding hydrogens is 146 g/mol. The molecule has 0 aliphatic heterocycles. The summed E-state index contributed by atoms with van der Waals surface area (Å²) in [4.78, 5) is 18.6. The SMILES string of the molecule is NC(=O)OOc1ccccc1. The highest BCUT2D eigenvalue weighted by atomic mass is 17.2. The second-order valence-electron chi connectivity index (χ2n) is 1.80. The smallest absolute Gasteiger partial charge is 0.332 e. The Labute approximate surface area is 63.5 Å². The summed E-state index contributed by atoms with van der Waals surface area (Å²) in [7, 11) is 0. The molecule has 0 saturated heterocycles. The fourth-order valence-corrected chi connectivity index (χ4v) is 0.565. The summed E-state index contributed by atoms with van der Waals surface area (Å²) in [5, 5.41) is 0. The number of carbonyl (C=O) groups excluding carboxylic acids is 1. The minimum atomic E-state index is -0.964. The largest absolute Gasteiger partial charge is 0.447 e. The van der Waals surface area contributed by atoms with Gasteiger partial charge in [0.2, 0.25) is 0 Å². The molecule has 2 N–H and O–H groups in total. The summed E-state index contributed by atoms with van der Waals surface area (Å²) >= 11 is 0. The molecule has 0 fully saturated rings. The lowest BCUT2D eigenvalue weighted by Gasteiger charge is -1.99. The Morgan fingerprint density at radius 2 is 1.91 bits per heavy atom. The van der Waals surface area contributed by atoms with Gasteiger partial charge in [-0.1, -0.05) is 18.2 Å². The summed E-state index contributed by atoms with van der Waals surface area (Å²) in [5.41, 5.74) is 4.65. The molecule has 1 rings (SSSR count). The first-order valence-electron chi connectivity index (χ1n) is 2.98. The van der Waals surface area contributed by atoms with E-state index in [1.807, 2.05) is 6.07 Å². The van der Waals surface area contributed by atoms with Crippen LogP contribution in [-0.4, -0.2) is 6.09 Å². The minimum Gasteiger partial charge on any atom is -0.332 e. The van der Waals surface area contributed by atoms with Crippen LogP contribution in [0.15, 0.2) is 30.3 Å². The third kappa shape index (κ3) is 2.57. The average Bonchev–Trinajstić information content (AvgIpc) is 2.03. The van der Waals surface area contributed by atoms with Crippen molar-refractivity contribution in [3.63, 3.8) is 0 Å². The number of para-hydroxylation sites is 1. The molecule has 58 valence electrons. The molecule has 0 aromatic heterocycles. The zero-order chi connectivity index (χ0) is 8.10. The monoisotopic (exact) mass is 153 g/mol. The van der Waals surface area contributed by atoms with Crippen LogP contribution in [0, 0.1) is 0 Å². The van der Waals surface area contributed by atoms with Gasteiger partial charge >= 0.3 is 6.09 Å². The first kappa shape index (κ1) is 7.40. The molecule has 0 saturated carbocycles. The minimum absolute atomic E-state index is 0.436. The number of hydrogen-bond acceptors (Lipinski definition) is 3. The van der Waals surface area contributed by atoms with Crippen LogP contribution in [0.5, 0.6) is 5.75 Å². The van der Waals surface area contributed by atoms with Gasteiger partial charge in [-0.15, -0.1) is 0 Å². The van der Waals surface area contributed by atoms with E-state index in [0.717, 1.165) is 0 Å². The lowest BCUT2D eigenvalue weighted by molar-refractivity contribution is -0.138. The Morgan fingerprint density at radius 3 is 2.45 bits per heavy atom. The lowest BCUT2D eigenvalue weighted by Crippen LogP contribution is -2.15. The van der Waals surface area contributed by atoms with E-state index in [4.69, 9.17) is 0 Å². The van der Waals surface area contributed by atoms with E-state index in [9.17, 15) is 4.79 Å². The molecule has 0 spiro atoms. The molecule has 1 aromatic carbocycles. The second kappa shape index (κ2) is 3.46. The predicted molar refractivity (Wildman–Crippen MR) is 37.7 cm³/mol. The Bertz CT molecular complexity index is 235. The van der Waals surface area contributed by atoms with Crippen molar-refractivity contribution in [1.29, 1.82) is 0 Å². The molecule has 1 amide bonds. The highest BCUT2D eigenvalue weighted by molar-refractivity contribution is 5.63. The van der Waals surface area contributed by atoms with Crippen LogP contribution >= 0.6 is 0 Å². The van der Waals surface area contributed by atoms with Crippen molar-refractivity contribution in [3.8, 4) is 5.75 Å². The Hall–Kier alpha value is -1.71. The highest BCUT2D eigenvalue weighted by Crippen LogP contribution is 2.07. The average molecular weight is 153 g/mol. The molecule has 0 aliphatic carbocycles. The summed E-state index contributed by atoms with van der Waals surface area (Å²) in [6.07, 6.45) is -0.964. The van der Waals surface area contributed by atoms with Crippen molar-refractivity contribution in [1.82, 2.24) is 0 Å².